The second-order valence-corrected chi connectivity index (χ2v) is 5.45. The number of benzene rings is 1. The number of hydrogen-bond donors (Lipinski definition) is 1. The zero-order valence-electron chi connectivity index (χ0n) is 13.6. The Bertz CT molecular complexity index is 362. The molecule has 3 heteroatoms. The van der Waals surface area contributed by atoms with E-state index in [2.05, 4.69) is 69.2 Å². The highest BCUT2D eigenvalue weighted by molar-refractivity contribution is 5.47. The molecule has 1 aromatic rings. The number of likely N-dealkylation sites (N-methyl/N-ethyl adjacent to an activating group) is 1. The van der Waals surface area contributed by atoms with E-state index in [-0.39, 0.29) is 0 Å². The van der Waals surface area contributed by atoms with Crippen LogP contribution >= 0.6 is 0 Å². The van der Waals surface area contributed by atoms with Gasteiger partial charge in [-0.3, -0.25) is 0 Å². The van der Waals surface area contributed by atoms with Crippen LogP contribution in [0.25, 0.3) is 0 Å². The van der Waals surface area contributed by atoms with E-state index >= 15 is 0 Å². The number of nitrogens with one attached hydrogen (secondary N) is 1. The van der Waals surface area contributed by atoms with E-state index < -0.39 is 0 Å². The van der Waals surface area contributed by atoms with E-state index in [1.165, 1.54) is 11.3 Å². The highest BCUT2D eigenvalue weighted by Crippen LogP contribution is 2.20. The smallest absolute Gasteiger partial charge is 0.0644 e. The fraction of sp³-hybridized carbons (Fsp3) is 0.647. The summed E-state index contributed by atoms with van der Waals surface area (Å²) in [6, 6.07) is 9.32. The number of ether oxygens (including phenoxy) is 1. The third-order valence-corrected chi connectivity index (χ3v) is 3.47. The van der Waals surface area contributed by atoms with Crippen LogP contribution in [-0.4, -0.2) is 32.8 Å². The lowest BCUT2D eigenvalue weighted by atomic mass is 10.0. The van der Waals surface area contributed by atoms with Crippen molar-refractivity contribution >= 4 is 5.69 Å². The van der Waals surface area contributed by atoms with Gasteiger partial charge in [-0.1, -0.05) is 26.0 Å². The maximum absolute atomic E-state index is 5.59. The summed E-state index contributed by atoms with van der Waals surface area (Å²) in [6.07, 6.45) is 1.42. The van der Waals surface area contributed by atoms with Crippen LogP contribution in [0.2, 0.25) is 0 Å². The predicted molar refractivity (Wildman–Crippen MR) is 87.5 cm³/mol. The summed E-state index contributed by atoms with van der Waals surface area (Å²) < 4.78 is 5.59. The van der Waals surface area contributed by atoms with Crippen molar-refractivity contribution in [2.75, 3.05) is 31.6 Å². The van der Waals surface area contributed by atoms with Gasteiger partial charge in [0.2, 0.25) is 0 Å². The van der Waals surface area contributed by atoms with Crippen LogP contribution in [0.15, 0.2) is 24.3 Å². The number of nitrogens with zero attached hydrogens (tertiary/aromatic N) is 1. The van der Waals surface area contributed by atoms with Gasteiger partial charge in [0.05, 0.1) is 12.7 Å². The normalized spacial score (nSPS) is 12.7. The molecule has 0 radical (unpaired) electrons. The number of rotatable bonds is 9. The van der Waals surface area contributed by atoms with Gasteiger partial charge in [-0.2, -0.15) is 0 Å². The maximum Gasteiger partial charge on any atom is 0.0644 e. The van der Waals surface area contributed by atoms with Crippen molar-refractivity contribution in [2.24, 2.45) is 0 Å². The molecule has 1 aromatic carbocycles. The zero-order chi connectivity index (χ0) is 15.0. The van der Waals surface area contributed by atoms with Gasteiger partial charge < -0.3 is 15.0 Å². The van der Waals surface area contributed by atoms with Gasteiger partial charge in [-0.05, 0) is 44.5 Å². The summed E-state index contributed by atoms with van der Waals surface area (Å²) in [4.78, 5) is 2.24. The van der Waals surface area contributed by atoms with Gasteiger partial charge in [0, 0.05) is 25.3 Å². The lowest BCUT2D eigenvalue weighted by molar-refractivity contribution is 0.0846. The van der Waals surface area contributed by atoms with E-state index in [0.29, 0.717) is 12.1 Å². The molecular formula is C17H30N2O. The lowest BCUT2D eigenvalue weighted by Crippen LogP contribution is -2.24. The van der Waals surface area contributed by atoms with Gasteiger partial charge in [0.1, 0.15) is 0 Å². The third-order valence-electron chi connectivity index (χ3n) is 3.47. The van der Waals surface area contributed by atoms with Crippen LogP contribution in [0, 0.1) is 0 Å². The SMILES string of the molecule is CCNC(CC)c1ccc(N(C)CCOC(C)C)cc1. The highest BCUT2D eigenvalue weighted by Gasteiger charge is 2.08. The van der Waals surface area contributed by atoms with Crippen LogP contribution in [-0.2, 0) is 4.74 Å². The van der Waals surface area contributed by atoms with Crippen LogP contribution in [0.3, 0.4) is 0 Å². The van der Waals surface area contributed by atoms with Gasteiger partial charge in [-0.15, -0.1) is 0 Å². The zero-order valence-corrected chi connectivity index (χ0v) is 13.6. The van der Waals surface area contributed by atoms with Crippen molar-refractivity contribution in [1.29, 1.82) is 0 Å². The van der Waals surface area contributed by atoms with Gasteiger partial charge in [-0.25, -0.2) is 0 Å². The molecule has 0 saturated heterocycles. The molecule has 0 fully saturated rings. The fourth-order valence-electron chi connectivity index (χ4n) is 2.26. The van der Waals surface area contributed by atoms with Crippen LogP contribution in [0.1, 0.15) is 45.7 Å². The molecule has 3 nitrogen and oxygen atoms in total. The molecule has 0 amide bonds. The minimum Gasteiger partial charge on any atom is -0.377 e. The summed E-state index contributed by atoms with van der Waals surface area (Å²) >= 11 is 0. The van der Waals surface area contributed by atoms with E-state index in [4.69, 9.17) is 4.74 Å². The second kappa shape index (κ2) is 8.98. The number of hydrogen-bond acceptors (Lipinski definition) is 3. The van der Waals surface area contributed by atoms with Crippen molar-refractivity contribution < 1.29 is 4.74 Å². The quantitative estimate of drug-likeness (QED) is 0.747. The van der Waals surface area contributed by atoms with Crippen molar-refractivity contribution in [2.45, 2.75) is 46.3 Å². The lowest BCUT2D eigenvalue weighted by Gasteiger charge is -2.22. The first-order valence-electron chi connectivity index (χ1n) is 7.74. The average Bonchev–Trinajstić information content (AvgIpc) is 2.44. The molecule has 0 aliphatic rings. The second-order valence-electron chi connectivity index (χ2n) is 5.45. The van der Waals surface area contributed by atoms with Crippen LogP contribution < -0.4 is 10.2 Å². The van der Waals surface area contributed by atoms with E-state index in [0.717, 1.165) is 26.1 Å². The Morgan fingerprint density at radius 2 is 1.80 bits per heavy atom. The fourth-order valence-corrected chi connectivity index (χ4v) is 2.26. The predicted octanol–water partition coefficient (Wildman–Crippen LogP) is 3.61. The standard InChI is InChI=1S/C17H30N2O/c1-6-17(18-7-2)15-8-10-16(11-9-15)19(5)12-13-20-14(3)4/h8-11,14,17-18H,6-7,12-13H2,1-5H3. The molecular weight excluding hydrogens is 248 g/mol. The van der Waals surface area contributed by atoms with Crippen LogP contribution in [0.4, 0.5) is 5.69 Å². The van der Waals surface area contributed by atoms with Crippen molar-refractivity contribution in [1.82, 2.24) is 5.32 Å². The molecule has 0 bridgehead atoms. The minimum absolute atomic E-state index is 0.302. The van der Waals surface area contributed by atoms with E-state index in [1.54, 1.807) is 0 Å². The third kappa shape index (κ3) is 5.51. The first kappa shape index (κ1) is 17.0. The molecule has 0 aliphatic heterocycles. The van der Waals surface area contributed by atoms with E-state index in [1.807, 2.05) is 0 Å². The Kier molecular flexibility index (Phi) is 7.63. The van der Waals surface area contributed by atoms with Gasteiger partial charge in [0.15, 0.2) is 0 Å². The minimum atomic E-state index is 0.302. The van der Waals surface area contributed by atoms with Crippen molar-refractivity contribution in [3.05, 3.63) is 29.8 Å². The van der Waals surface area contributed by atoms with Gasteiger partial charge >= 0.3 is 0 Å². The first-order valence-corrected chi connectivity index (χ1v) is 7.74. The molecule has 1 rings (SSSR count). The molecule has 0 heterocycles. The van der Waals surface area contributed by atoms with Crippen molar-refractivity contribution in [3.63, 3.8) is 0 Å². The number of anilines is 1. The monoisotopic (exact) mass is 278 g/mol. The van der Waals surface area contributed by atoms with Crippen LogP contribution in [0.5, 0.6) is 0 Å². The molecule has 1 unspecified atom stereocenters. The molecule has 1 atom stereocenters. The highest BCUT2D eigenvalue weighted by atomic mass is 16.5. The summed E-state index contributed by atoms with van der Waals surface area (Å²) in [5, 5.41) is 3.51. The first-order chi connectivity index (χ1) is 9.58. The Morgan fingerprint density at radius 1 is 1.15 bits per heavy atom. The average molecular weight is 278 g/mol. The summed E-state index contributed by atoms with van der Waals surface area (Å²) in [5.74, 6) is 0. The topological polar surface area (TPSA) is 24.5 Å². The Balaban J connectivity index is 2.56. The van der Waals surface area contributed by atoms with E-state index in [9.17, 15) is 0 Å². The molecule has 0 aliphatic carbocycles. The Hall–Kier alpha value is -1.06. The molecule has 1 N–H and O–H groups in total. The summed E-state index contributed by atoms with van der Waals surface area (Å²) in [5.41, 5.74) is 2.61. The van der Waals surface area contributed by atoms with Crippen molar-refractivity contribution in [3.8, 4) is 0 Å². The maximum atomic E-state index is 5.59. The molecule has 0 aromatic heterocycles. The molecule has 114 valence electrons. The molecule has 0 spiro atoms. The molecule has 0 saturated carbocycles. The summed E-state index contributed by atoms with van der Waals surface area (Å²) in [6.45, 7) is 11.2. The summed E-state index contributed by atoms with van der Waals surface area (Å²) in [7, 11) is 2.11. The Labute approximate surface area is 124 Å². The van der Waals surface area contributed by atoms with Gasteiger partial charge in [0.25, 0.3) is 0 Å². The molecule has 20 heavy (non-hydrogen) atoms. The largest absolute Gasteiger partial charge is 0.377 e. The Morgan fingerprint density at radius 3 is 2.30 bits per heavy atom.